The summed E-state index contributed by atoms with van der Waals surface area (Å²) in [7, 11) is 0. The van der Waals surface area contributed by atoms with Crippen molar-refractivity contribution in [2.45, 2.75) is 32.5 Å². The van der Waals surface area contributed by atoms with Crippen LogP contribution in [-0.4, -0.2) is 24.3 Å². The number of nitro benzene ring substituents is 1. The lowest BCUT2D eigenvalue weighted by Crippen LogP contribution is -2.12. The number of nitrogens with zero attached hydrogens (tertiary/aromatic N) is 1. The van der Waals surface area contributed by atoms with Gasteiger partial charge in [-0.1, -0.05) is 6.92 Å². The molecule has 1 aromatic carbocycles. The van der Waals surface area contributed by atoms with Crippen molar-refractivity contribution >= 4 is 11.4 Å². The highest BCUT2D eigenvalue weighted by molar-refractivity contribution is 5.55. The maximum atomic E-state index is 12.0. The Balaban J connectivity index is 2.71. The molecule has 5 nitrogen and oxygen atoms in total. The van der Waals surface area contributed by atoms with Crippen molar-refractivity contribution in [3.8, 4) is 0 Å². The number of ether oxygens (including phenoxy) is 1. The van der Waals surface area contributed by atoms with Crippen LogP contribution in [0.5, 0.6) is 0 Å². The Morgan fingerprint density at radius 2 is 2.10 bits per heavy atom. The molecule has 0 unspecified atom stereocenters. The van der Waals surface area contributed by atoms with Gasteiger partial charge in [-0.25, -0.2) is 0 Å². The third-order valence-electron chi connectivity index (χ3n) is 2.65. The lowest BCUT2D eigenvalue weighted by atomic mass is 10.1. The molecule has 0 atom stereocenters. The van der Waals surface area contributed by atoms with E-state index in [9.17, 15) is 23.3 Å². The number of hydrogen-bond donors (Lipinski definition) is 1. The number of rotatable bonds is 8. The Kier molecular flexibility index (Phi) is 6.41. The highest BCUT2D eigenvalue weighted by Gasteiger charge is 2.26. The summed E-state index contributed by atoms with van der Waals surface area (Å²) < 4.78 is 41.0. The van der Waals surface area contributed by atoms with Crippen molar-refractivity contribution in [1.82, 2.24) is 0 Å². The van der Waals surface area contributed by atoms with Gasteiger partial charge in [0.25, 0.3) is 5.69 Å². The van der Waals surface area contributed by atoms with Gasteiger partial charge in [-0.05, 0) is 12.5 Å². The van der Waals surface area contributed by atoms with Crippen LogP contribution in [0.15, 0.2) is 18.2 Å². The zero-order chi connectivity index (χ0) is 15.9. The van der Waals surface area contributed by atoms with Crippen molar-refractivity contribution in [3.63, 3.8) is 0 Å². The molecule has 1 N–H and O–H groups in total. The Morgan fingerprint density at radius 1 is 1.38 bits per heavy atom. The number of halogens is 3. The van der Waals surface area contributed by atoms with Crippen LogP contribution >= 0.6 is 0 Å². The average Bonchev–Trinajstić information content (AvgIpc) is 2.40. The van der Waals surface area contributed by atoms with E-state index in [4.69, 9.17) is 4.74 Å². The second-order valence-electron chi connectivity index (χ2n) is 4.44. The molecule has 0 saturated heterocycles. The van der Waals surface area contributed by atoms with E-state index in [1.54, 1.807) is 0 Å². The number of non-ortho nitro benzene ring substituents is 1. The molecule has 0 aliphatic heterocycles. The SMILES string of the molecule is CCCNc1ccc([N+](=O)[O-])cc1COCCC(F)(F)F. The van der Waals surface area contributed by atoms with Crippen molar-refractivity contribution in [3.05, 3.63) is 33.9 Å². The summed E-state index contributed by atoms with van der Waals surface area (Å²) in [5.41, 5.74) is 0.987. The van der Waals surface area contributed by atoms with Crippen LogP contribution < -0.4 is 5.32 Å². The zero-order valence-corrected chi connectivity index (χ0v) is 11.6. The zero-order valence-electron chi connectivity index (χ0n) is 11.6. The Bertz CT molecular complexity index is 478. The van der Waals surface area contributed by atoms with E-state index in [2.05, 4.69) is 5.32 Å². The van der Waals surface area contributed by atoms with Gasteiger partial charge in [0.15, 0.2) is 0 Å². The molecule has 0 heterocycles. The molecular formula is C13H17F3N2O3. The molecule has 0 radical (unpaired) electrons. The monoisotopic (exact) mass is 306 g/mol. The first-order valence-corrected chi connectivity index (χ1v) is 6.49. The van der Waals surface area contributed by atoms with Gasteiger partial charge in [-0.2, -0.15) is 13.2 Å². The van der Waals surface area contributed by atoms with Crippen molar-refractivity contribution < 1.29 is 22.8 Å². The summed E-state index contributed by atoms with van der Waals surface area (Å²) >= 11 is 0. The first kappa shape index (κ1) is 17.2. The van der Waals surface area contributed by atoms with E-state index >= 15 is 0 Å². The Labute approximate surface area is 120 Å². The second-order valence-corrected chi connectivity index (χ2v) is 4.44. The van der Waals surface area contributed by atoms with Gasteiger partial charge in [-0.15, -0.1) is 0 Å². The minimum absolute atomic E-state index is 0.107. The largest absolute Gasteiger partial charge is 0.391 e. The van der Waals surface area contributed by atoms with Crippen LogP contribution in [0.1, 0.15) is 25.3 Å². The minimum Gasteiger partial charge on any atom is -0.385 e. The first-order valence-electron chi connectivity index (χ1n) is 6.49. The fourth-order valence-electron chi connectivity index (χ4n) is 1.62. The predicted octanol–water partition coefficient (Wildman–Crippen LogP) is 3.89. The normalized spacial score (nSPS) is 11.4. The second kappa shape index (κ2) is 7.82. The van der Waals surface area contributed by atoms with Crippen LogP contribution in [0.3, 0.4) is 0 Å². The van der Waals surface area contributed by atoms with Crippen LogP contribution in [0.4, 0.5) is 24.5 Å². The first-order chi connectivity index (χ1) is 9.83. The Morgan fingerprint density at radius 3 is 2.67 bits per heavy atom. The lowest BCUT2D eigenvalue weighted by Gasteiger charge is -2.12. The molecule has 118 valence electrons. The molecule has 0 amide bonds. The molecule has 21 heavy (non-hydrogen) atoms. The summed E-state index contributed by atoms with van der Waals surface area (Å²) in [5, 5.41) is 13.8. The molecule has 0 saturated carbocycles. The maximum Gasteiger partial charge on any atom is 0.391 e. The quantitative estimate of drug-likeness (QED) is 0.449. The molecule has 1 rings (SSSR count). The van der Waals surface area contributed by atoms with Crippen molar-refractivity contribution in [2.75, 3.05) is 18.5 Å². The van der Waals surface area contributed by atoms with Crippen LogP contribution in [-0.2, 0) is 11.3 Å². The summed E-state index contributed by atoms with van der Waals surface area (Å²) in [4.78, 5) is 10.2. The smallest absolute Gasteiger partial charge is 0.385 e. The van der Waals surface area contributed by atoms with Gasteiger partial charge >= 0.3 is 6.18 Å². The highest BCUT2D eigenvalue weighted by Crippen LogP contribution is 2.24. The number of nitro groups is 1. The molecule has 0 aliphatic carbocycles. The van der Waals surface area contributed by atoms with Gasteiger partial charge in [0.05, 0.1) is 24.6 Å². The van der Waals surface area contributed by atoms with E-state index in [0.29, 0.717) is 17.8 Å². The van der Waals surface area contributed by atoms with Crippen LogP contribution in [0, 0.1) is 10.1 Å². The standard InChI is InChI=1S/C13H17F3N2O3/c1-2-6-17-12-4-3-11(18(19)20)8-10(12)9-21-7-5-13(14,15)16/h3-4,8,17H,2,5-7,9H2,1H3. The van der Waals surface area contributed by atoms with Crippen molar-refractivity contribution in [2.24, 2.45) is 0 Å². The molecule has 0 bridgehead atoms. The van der Waals surface area contributed by atoms with Gasteiger partial charge in [0, 0.05) is 29.9 Å². The number of nitrogens with one attached hydrogen (secondary N) is 1. The molecule has 0 spiro atoms. The Hall–Kier alpha value is -1.83. The topological polar surface area (TPSA) is 64.4 Å². The molecular weight excluding hydrogens is 289 g/mol. The summed E-state index contributed by atoms with van der Waals surface area (Å²) in [6, 6.07) is 4.19. The van der Waals surface area contributed by atoms with Gasteiger partial charge in [-0.3, -0.25) is 10.1 Å². The highest BCUT2D eigenvalue weighted by atomic mass is 19.4. The maximum absolute atomic E-state index is 12.0. The fraction of sp³-hybridized carbons (Fsp3) is 0.538. The number of benzene rings is 1. The molecule has 0 aliphatic rings. The summed E-state index contributed by atoms with van der Waals surface area (Å²) in [5.74, 6) is 0. The van der Waals surface area contributed by atoms with E-state index in [1.807, 2.05) is 6.92 Å². The van der Waals surface area contributed by atoms with Gasteiger partial charge in [0.1, 0.15) is 0 Å². The number of anilines is 1. The number of hydrogen-bond acceptors (Lipinski definition) is 4. The van der Waals surface area contributed by atoms with E-state index < -0.39 is 24.1 Å². The minimum atomic E-state index is -4.27. The summed E-state index contributed by atoms with van der Waals surface area (Å²) in [6.07, 6.45) is -4.46. The summed E-state index contributed by atoms with van der Waals surface area (Å²) in [6.45, 7) is 2.04. The van der Waals surface area contributed by atoms with Gasteiger partial charge in [0.2, 0.25) is 0 Å². The molecule has 0 fully saturated rings. The molecule has 0 aromatic heterocycles. The predicted molar refractivity (Wildman–Crippen MR) is 72.2 cm³/mol. The van der Waals surface area contributed by atoms with E-state index in [-0.39, 0.29) is 12.3 Å². The van der Waals surface area contributed by atoms with Crippen molar-refractivity contribution in [1.29, 1.82) is 0 Å². The molecule has 8 heteroatoms. The average molecular weight is 306 g/mol. The third-order valence-corrected chi connectivity index (χ3v) is 2.65. The fourth-order valence-corrected chi connectivity index (χ4v) is 1.62. The van der Waals surface area contributed by atoms with Crippen LogP contribution in [0.2, 0.25) is 0 Å². The lowest BCUT2D eigenvalue weighted by molar-refractivity contribution is -0.384. The van der Waals surface area contributed by atoms with E-state index in [1.165, 1.54) is 18.2 Å². The molecule has 1 aromatic rings. The van der Waals surface area contributed by atoms with Crippen LogP contribution in [0.25, 0.3) is 0 Å². The van der Waals surface area contributed by atoms with Gasteiger partial charge < -0.3 is 10.1 Å². The number of alkyl halides is 3. The van der Waals surface area contributed by atoms with E-state index in [0.717, 1.165) is 6.42 Å². The third kappa shape index (κ3) is 6.44.